The minimum absolute atomic E-state index is 0.0104. The number of amides is 2. The standard InChI is InChI=1S/C44H48N6O6/c1-54-41(52)39(26-31-8-3-2-4-9-31)48-44(53)47-28-36-10-5-6-11-38(36)33-16-18-35(19-17-33)42-55-37(27-40(56-42)34-14-12-32(30-51)13-15-34)29-49-22-24-50(25-23-49)43-45-20-7-21-46-43/h2-21,37,39-40,42,51H,22-30H2,1H3,(H2,47,48,53)/t37-,39+,40+,42+/m1/s1. The van der Waals surface area contributed by atoms with E-state index >= 15 is 0 Å². The number of aliphatic hydroxyl groups excluding tert-OH is 1. The Labute approximate surface area is 327 Å². The van der Waals surface area contributed by atoms with Crippen molar-refractivity contribution in [2.45, 2.75) is 50.5 Å². The van der Waals surface area contributed by atoms with Gasteiger partial charge in [0, 0.05) is 70.1 Å². The highest BCUT2D eigenvalue weighted by atomic mass is 16.7. The molecule has 3 N–H and O–H groups in total. The first kappa shape index (κ1) is 38.6. The maximum atomic E-state index is 13.0. The van der Waals surface area contributed by atoms with Gasteiger partial charge in [0.15, 0.2) is 6.29 Å². The van der Waals surface area contributed by atoms with E-state index in [-0.39, 0.29) is 25.4 Å². The van der Waals surface area contributed by atoms with Crippen LogP contribution in [0.3, 0.4) is 0 Å². The van der Waals surface area contributed by atoms with Crippen LogP contribution >= 0.6 is 0 Å². The predicted molar refractivity (Wildman–Crippen MR) is 212 cm³/mol. The van der Waals surface area contributed by atoms with Crippen LogP contribution in [0.2, 0.25) is 0 Å². The molecular formula is C44H48N6O6. The first-order valence-electron chi connectivity index (χ1n) is 19.0. The van der Waals surface area contributed by atoms with Crippen molar-refractivity contribution in [3.63, 3.8) is 0 Å². The maximum Gasteiger partial charge on any atom is 0.328 e. The van der Waals surface area contributed by atoms with E-state index in [1.807, 2.05) is 109 Å². The van der Waals surface area contributed by atoms with Crippen molar-refractivity contribution in [1.29, 1.82) is 0 Å². The van der Waals surface area contributed by atoms with Crippen LogP contribution in [0.4, 0.5) is 10.7 Å². The van der Waals surface area contributed by atoms with E-state index in [4.69, 9.17) is 14.2 Å². The third-order valence-electron chi connectivity index (χ3n) is 10.3. The average molecular weight is 757 g/mol. The van der Waals surface area contributed by atoms with Crippen LogP contribution in [-0.2, 0) is 38.6 Å². The molecule has 7 rings (SSSR count). The summed E-state index contributed by atoms with van der Waals surface area (Å²) in [7, 11) is 1.31. The van der Waals surface area contributed by atoms with E-state index in [1.165, 1.54) is 7.11 Å². The summed E-state index contributed by atoms with van der Waals surface area (Å²) in [5.41, 5.74) is 6.59. The lowest BCUT2D eigenvalue weighted by molar-refractivity contribution is -0.253. The Morgan fingerprint density at radius 1 is 0.821 bits per heavy atom. The van der Waals surface area contributed by atoms with E-state index in [0.29, 0.717) is 12.8 Å². The summed E-state index contributed by atoms with van der Waals surface area (Å²) in [4.78, 5) is 39.0. The van der Waals surface area contributed by atoms with Gasteiger partial charge in [-0.05, 0) is 39.4 Å². The normalized spacial score (nSPS) is 19.2. The smallest absolute Gasteiger partial charge is 0.328 e. The summed E-state index contributed by atoms with van der Waals surface area (Å²) in [6, 6.07) is 34.1. The van der Waals surface area contributed by atoms with E-state index in [1.54, 1.807) is 12.4 Å². The number of hydrogen-bond acceptors (Lipinski definition) is 10. The molecule has 0 bridgehead atoms. The molecule has 0 aliphatic carbocycles. The van der Waals surface area contributed by atoms with Crippen molar-refractivity contribution in [2.75, 3.05) is 44.7 Å². The molecule has 2 amide bonds. The lowest BCUT2D eigenvalue weighted by Crippen LogP contribution is -2.50. The van der Waals surface area contributed by atoms with E-state index < -0.39 is 24.3 Å². The first-order chi connectivity index (χ1) is 27.4. The Kier molecular flexibility index (Phi) is 13.0. The molecule has 3 heterocycles. The molecule has 0 spiro atoms. The van der Waals surface area contributed by atoms with Gasteiger partial charge in [0.05, 0.1) is 25.9 Å². The van der Waals surface area contributed by atoms with Gasteiger partial charge in [0.25, 0.3) is 0 Å². The third kappa shape index (κ3) is 9.95. The number of rotatable bonds is 13. The summed E-state index contributed by atoms with van der Waals surface area (Å²) >= 11 is 0. The topological polar surface area (TPSA) is 138 Å². The van der Waals surface area contributed by atoms with Gasteiger partial charge in [-0.3, -0.25) is 4.90 Å². The van der Waals surface area contributed by atoms with Crippen molar-refractivity contribution in [1.82, 2.24) is 25.5 Å². The first-order valence-corrected chi connectivity index (χ1v) is 19.0. The molecule has 5 aromatic rings. The largest absolute Gasteiger partial charge is 0.467 e. The zero-order chi connectivity index (χ0) is 38.7. The number of hydrogen-bond donors (Lipinski definition) is 3. The molecular weight excluding hydrogens is 709 g/mol. The second kappa shape index (κ2) is 18.8. The molecule has 0 saturated carbocycles. The quantitative estimate of drug-likeness (QED) is 0.131. The van der Waals surface area contributed by atoms with Gasteiger partial charge in [0.1, 0.15) is 6.04 Å². The minimum atomic E-state index is -0.825. The Hall–Kier alpha value is -5.66. The van der Waals surface area contributed by atoms with Crippen LogP contribution in [0, 0.1) is 0 Å². The molecule has 12 heteroatoms. The van der Waals surface area contributed by atoms with Crippen LogP contribution in [0.15, 0.2) is 122 Å². The molecule has 2 aliphatic rings. The Morgan fingerprint density at radius 2 is 1.52 bits per heavy atom. The molecule has 12 nitrogen and oxygen atoms in total. The van der Waals surface area contributed by atoms with Crippen LogP contribution in [0.25, 0.3) is 11.1 Å². The fourth-order valence-electron chi connectivity index (χ4n) is 7.25. The van der Waals surface area contributed by atoms with E-state index in [9.17, 15) is 14.7 Å². The lowest BCUT2D eigenvalue weighted by atomic mass is 9.97. The van der Waals surface area contributed by atoms with Crippen LogP contribution in [0.5, 0.6) is 0 Å². The number of benzene rings is 4. The number of nitrogens with one attached hydrogen (secondary N) is 2. The lowest BCUT2D eigenvalue weighted by Gasteiger charge is -2.40. The number of anilines is 1. The number of methoxy groups -OCH3 is 1. The summed E-state index contributed by atoms with van der Waals surface area (Å²) in [5.74, 6) is 0.252. The molecule has 56 heavy (non-hydrogen) atoms. The summed E-state index contributed by atoms with van der Waals surface area (Å²) in [5, 5.41) is 15.3. The van der Waals surface area contributed by atoms with Gasteiger partial charge in [-0.1, -0.05) is 103 Å². The zero-order valence-corrected chi connectivity index (χ0v) is 31.5. The van der Waals surface area contributed by atoms with Crippen LogP contribution < -0.4 is 15.5 Å². The summed E-state index contributed by atoms with van der Waals surface area (Å²) in [6.07, 6.45) is 3.74. The van der Waals surface area contributed by atoms with Crippen molar-refractivity contribution < 1.29 is 28.9 Å². The number of carbonyl (C=O) groups excluding carboxylic acids is 2. The number of carbonyl (C=O) groups is 2. The fourth-order valence-corrected chi connectivity index (χ4v) is 7.25. The summed E-state index contributed by atoms with van der Waals surface area (Å²) in [6.45, 7) is 4.45. The molecule has 2 aliphatic heterocycles. The number of ether oxygens (including phenoxy) is 3. The van der Waals surface area contributed by atoms with Crippen molar-refractivity contribution >= 4 is 17.9 Å². The number of urea groups is 1. The van der Waals surface area contributed by atoms with Crippen molar-refractivity contribution in [3.8, 4) is 11.1 Å². The van der Waals surface area contributed by atoms with Gasteiger partial charge in [-0.15, -0.1) is 0 Å². The SMILES string of the molecule is COC(=O)[C@H](Cc1ccccc1)NC(=O)NCc1ccccc1-c1ccc([C@H]2O[C@@H](CN3CCN(c4ncccn4)CC3)C[C@@H](c3ccc(CO)cc3)O2)cc1. The highest BCUT2D eigenvalue weighted by Gasteiger charge is 2.34. The van der Waals surface area contributed by atoms with Gasteiger partial charge >= 0.3 is 12.0 Å². The number of nitrogens with zero attached hydrogens (tertiary/aromatic N) is 4. The highest BCUT2D eigenvalue weighted by molar-refractivity contribution is 5.84. The van der Waals surface area contributed by atoms with Crippen molar-refractivity contribution in [3.05, 3.63) is 149 Å². The van der Waals surface area contributed by atoms with Gasteiger partial charge in [0.2, 0.25) is 5.95 Å². The van der Waals surface area contributed by atoms with Crippen LogP contribution in [0.1, 0.15) is 46.6 Å². The summed E-state index contributed by atoms with van der Waals surface area (Å²) < 4.78 is 18.3. The molecule has 0 radical (unpaired) electrons. The highest BCUT2D eigenvalue weighted by Crippen LogP contribution is 2.39. The predicted octanol–water partition coefficient (Wildman–Crippen LogP) is 5.59. The van der Waals surface area contributed by atoms with E-state index in [0.717, 1.165) is 77.6 Å². The minimum Gasteiger partial charge on any atom is -0.467 e. The molecule has 290 valence electrons. The fraction of sp³-hybridized carbons (Fsp3) is 0.318. The average Bonchev–Trinajstić information content (AvgIpc) is 3.26. The Bertz CT molecular complexity index is 2010. The molecule has 1 aromatic heterocycles. The zero-order valence-electron chi connectivity index (χ0n) is 31.5. The number of piperazine rings is 1. The van der Waals surface area contributed by atoms with Gasteiger partial charge in [-0.2, -0.15) is 0 Å². The second-order valence-electron chi connectivity index (χ2n) is 14.1. The Morgan fingerprint density at radius 3 is 2.23 bits per heavy atom. The molecule has 4 atom stereocenters. The van der Waals surface area contributed by atoms with Crippen LogP contribution in [-0.4, -0.2) is 84.0 Å². The number of aliphatic hydroxyl groups is 1. The van der Waals surface area contributed by atoms with Gasteiger partial charge < -0.3 is 34.9 Å². The van der Waals surface area contributed by atoms with Gasteiger partial charge in [-0.25, -0.2) is 19.6 Å². The van der Waals surface area contributed by atoms with E-state index in [2.05, 4.69) is 30.4 Å². The second-order valence-corrected chi connectivity index (χ2v) is 14.1. The number of aromatic nitrogens is 2. The molecule has 2 fully saturated rings. The molecule has 4 aromatic carbocycles. The maximum absolute atomic E-state index is 13.0. The molecule has 2 saturated heterocycles. The monoisotopic (exact) mass is 756 g/mol. The molecule has 0 unspecified atom stereocenters. The third-order valence-corrected chi connectivity index (χ3v) is 10.3. The number of esters is 1. The Balaban J connectivity index is 1.01. The van der Waals surface area contributed by atoms with Crippen molar-refractivity contribution in [2.24, 2.45) is 0 Å².